The molecule has 0 bridgehead atoms. The van der Waals surface area contributed by atoms with E-state index in [2.05, 4.69) is 37.6 Å². The summed E-state index contributed by atoms with van der Waals surface area (Å²) in [6, 6.07) is 4.89. The second-order valence-electron chi connectivity index (χ2n) is 6.76. The van der Waals surface area contributed by atoms with Gasteiger partial charge in [-0.25, -0.2) is 0 Å². The molecular formula is C18H31IN4OS. The number of thiophene rings is 1. The van der Waals surface area contributed by atoms with E-state index < -0.39 is 0 Å². The second-order valence-corrected chi connectivity index (χ2v) is 7.74. The van der Waals surface area contributed by atoms with E-state index in [1.807, 2.05) is 18.4 Å². The van der Waals surface area contributed by atoms with Gasteiger partial charge in [0.25, 0.3) is 0 Å². The van der Waals surface area contributed by atoms with E-state index in [1.54, 1.807) is 7.11 Å². The molecule has 2 aliphatic rings. The van der Waals surface area contributed by atoms with E-state index in [0.29, 0.717) is 12.0 Å². The summed E-state index contributed by atoms with van der Waals surface area (Å²) in [6.07, 6.45) is 3.83. The van der Waals surface area contributed by atoms with Crippen molar-refractivity contribution in [1.29, 1.82) is 0 Å². The second kappa shape index (κ2) is 10.7. The molecule has 0 radical (unpaired) electrons. The number of hydrogen-bond donors (Lipinski definition) is 1. The average molecular weight is 478 g/mol. The maximum Gasteiger partial charge on any atom is 0.193 e. The van der Waals surface area contributed by atoms with Crippen molar-refractivity contribution < 1.29 is 4.74 Å². The molecule has 2 atom stereocenters. The number of halogens is 1. The van der Waals surface area contributed by atoms with Crippen LogP contribution in [0.1, 0.15) is 30.2 Å². The van der Waals surface area contributed by atoms with Gasteiger partial charge in [0, 0.05) is 44.6 Å². The highest BCUT2D eigenvalue weighted by Crippen LogP contribution is 2.28. The molecule has 3 heterocycles. The van der Waals surface area contributed by atoms with Gasteiger partial charge in [-0.1, -0.05) is 6.07 Å². The summed E-state index contributed by atoms with van der Waals surface area (Å²) in [5, 5.41) is 5.82. The quantitative estimate of drug-likeness (QED) is 0.388. The largest absolute Gasteiger partial charge is 0.384 e. The number of aliphatic imine (C=N–C) groups is 1. The molecule has 142 valence electrons. The van der Waals surface area contributed by atoms with E-state index in [9.17, 15) is 0 Å². The van der Waals surface area contributed by atoms with Crippen molar-refractivity contribution in [3.63, 3.8) is 0 Å². The maximum atomic E-state index is 5.31. The fourth-order valence-corrected chi connectivity index (χ4v) is 4.72. The lowest BCUT2D eigenvalue weighted by molar-refractivity contribution is 0.157. The van der Waals surface area contributed by atoms with Crippen LogP contribution >= 0.6 is 35.3 Å². The van der Waals surface area contributed by atoms with Gasteiger partial charge in [0.1, 0.15) is 0 Å². The molecular weight excluding hydrogens is 447 g/mol. The van der Waals surface area contributed by atoms with Gasteiger partial charge < -0.3 is 15.0 Å². The van der Waals surface area contributed by atoms with Crippen molar-refractivity contribution in [1.82, 2.24) is 15.1 Å². The Morgan fingerprint density at radius 3 is 2.84 bits per heavy atom. The van der Waals surface area contributed by atoms with Crippen LogP contribution < -0.4 is 5.32 Å². The fourth-order valence-electron chi connectivity index (χ4n) is 3.86. The van der Waals surface area contributed by atoms with Gasteiger partial charge in [-0.2, -0.15) is 0 Å². The first-order valence-electron chi connectivity index (χ1n) is 9.03. The Morgan fingerprint density at radius 1 is 1.40 bits per heavy atom. The Morgan fingerprint density at radius 2 is 2.20 bits per heavy atom. The first kappa shape index (κ1) is 20.9. The molecule has 0 spiro atoms. The third-order valence-corrected chi connectivity index (χ3v) is 6.08. The van der Waals surface area contributed by atoms with Crippen LogP contribution in [0, 0.1) is 5.92 Å². The number of nitrogens with zero attached hydrogens (tertiary/aromatic N) is 3. The van der Waals surface area contributed by atoms with Gasteiger partial charge in [0.05, 0.1) is 12.6 Å². The van der Waals surface area contributed by atoms with Gasteiger partial charge in [-0.3, -0.25) is 9.89 Å². The molecule has 2 fully saturated rings. The molecule has 2 aliphatic heterocycles. The van der Waals surface area contributed by atoms with Crippen molar-refractivity contribution in [3.05, 3.63) is 22.4 Å². The molecule has 0 saturated carbocycles. The van der Waals surface area contributed by atoms with Gasteiger partial charge in [0.2, 0.25) is 0 Å². The average Bonchev–Trinajstić information content (AvgIpc) is 3.34. The number of nitrogens with one attached hydrogen (secondary N) is 1. The molecule has 0 aliphatic carbocycles. The highest BCUT2D eigenvalue weighted by molar-refractivity contribution is 14.0. The number of ether oxygens (including phenoxy) is 1. The van der Waals surface area contributed by atoms with E-state index >= 15 is 0 Å². The van der Waals surface area contributed by atoms with Gasteiger partial charge in [0.15, 0.2) is 5.96 Å². The smallest absolute Gasteiger partial charge is 0.193 e. The monoisotopic (exact) mass is 478 g/mol. The third kappa shape index (κ3) is 5.55. The summed E-state index contributed by atoms with van der Waals surface area (Å²) < 4.78 is 5.31. The summed E-state index contributed by atoms with van der Waals surface area (Å²) in [7, 11) is 3.68. The normalized spacial score (nSPS) is 22.9. The lowest BCUT2D eigenvalue weighted by Gasteiger charge is -2.29. The molecule has 3 rings (SSSR count). The van der Waals surface area contributed by atoms with Crippen molar-refractivity contribution in [2.24, 2.45) is 10.9 Å². The Kier molecular flexibility index (Phi) is 8.95. The Hall–Kier alpha value is -0.380. The van der Waals surface area contributed by atoms with Crippen LogP contribution in [0.5, 0.6) is 0 Å². The van der Waals surface area contributed by atoms with Crippen LogP contribution in [0.3, 0.4) is 0 Å². The lowest BCUT2D eigenvalue weighted by Crippen LogP contribution is -2.44. The number of likely N-dealkylation sites (tertiary alicyclic amines) is 2. The van der Waals surface area contributed by atoms with Crippen molar-refractivity contribution in [2.45, 2.75) is 25.3 Å². The first-order chi connectivity index (χ1) is 11.8. The number of rotatable bonds is 6. The van der Waals surface area contributed by atoms with Crippen molar-refractivity contribution in [3.8, 4) is 0 Å². The predicted octanol–water partition coefficient (Wildman–Crippen LogP) is 3.05. The summed E-state index contributed by atoms with van der Waals surface area (Å²) in [4.78, 5) is 11.0. The zero-order valence-electron chi connectivity index (χ0n) is 15.3. The molecule has 1 N–H and O–H groups in total. The minimum absolute atomic E-state index is 0. The van der Waals surface area contributed by atoms with Crippen LogP contribution in [-0.4, -0.2) is 69.2 Å². The predicted molar refractivity (Wildman–Crippen MR) is 116 cm³/mol. The molecule has 2 saturated heterocycles. The van der Waals surface area contributed by atoms with E-state index in [0.717, 1.165) is 32.2 Å². The van der Waals surface area contributed by atoms with Crippen molar-refractivity contribution >= 4 is 41.3 Å². The van der Waals surface area contributed by atoms with Crippen LogP contribution in [-0.2, 0) is 4.74 Å². The molecule has 25 heavy (non-hydrogen) atoms. The van der Waals surface area contributed by atoms with Gasteiger partial charge in [-0.05, 0) is 43.8 Å². The summed E-state index contributed by atoms with van der Waals surface area (Å²) in [5.41, 5.74) is 0. The summed E-state index contributed by atoms with van der Waals surface area (Å²) in [6.45, 7) is 6.31. The maximum absolute atomic E-state index is 5.31. The minimum Gasteiger partial charge on any atom is -0.384 e. The molecule has 0 aromatic carbocycles. The van der Waals surface area contributed by atoms with Gasteiger partial charge in [-0.15, -0.1) is 35.3 Å². The number of guanidine groups is 1. The zero-order chi connectivity index (χ0) is 16.8. The van der Waals surface area contributed by atoms with Crippen LogP contribution in [0.25, 0.3) is 0 Å². The SMILES string of the molecule is CN=C(NCC(c1cccs1)N1CCCC1)N1CCC(COC)C1.I. The van der Waals surface area contributed by atoms with Crippen LogP contribution in [0.15, 0.2) is 22.5 Å². The first-order valence-corrected chi connectivity index (χ1v) is 9.91. The number of methoxy groups -OCH3 is 1. The van der Waals surface area contributed by atoms with E-state index in [4.69, 9.17) is 4.74 Å². The molecule has 1 aromatic rings. The Bertz CT molecular complexity index is 519. The molecule has 1 aromatic heterocycles. The summed E-state index contributed by atoms with van der Waals surface area (Å²) in [5.74, 6) is 1.66. The highest BCUT2D eigenvalue weighted by Gasteiger charge is 2.27. The minimum atomic E-state index is 0. The standard InChI is InChI=1S/C18H30N4OS.HI/c1-19-18(22-10-7-15(13-22)14-23-2)20-12-16(17-6-5-11-24-17)21-8-3-4-9-21;/h5-6,11,15-16H,3-4,7-10,12-14H2,1-2H3,(H,19,20);1H. The Labute approximate surface area is 172 Å². The molecule has 7 heteroatoms. The number of hydrogen-bond acceptors (Lipinski definition) is 4. The molecule has 0 amide bonds. The van der Waals surface area contributed by atoms with Crippen LogP contribution in [0.4, 0.5) is 0 Å². The zero-order valence-corrected chi connectivity index (χ0v) is 18.5. The lowest BCUT2D eigenvalue weighted by atomic mass is 10.1. The van der Waals surface area contributed by atoms with E-state index in [1.165, 1.54) is 37.2 Å². The fraction of sp³-hybridized carbons (Fsp3) is 0.722. The van der Waals surface area contributed by atoms with Crippen molar-refractivity contribution in [2.75, 3.05) is 53.5 Å². The molecule has 5 nitrogen and oxygen atoms in total. The topological polar surface area (TPSA) is 40.1 Å². The highest BCUT2D eigenvalue weighted by atomic mass is 127. The summed E-state index contributed by atoms with van der Waals surface area (Å²) >= 11 is 1.86. The van der Waals surface area contributed by atoms with Gasteiger partial charge >= 0.3 is 0 Å². The van der Waals surface area contributed by atoms with E-state index in [-0.39, 0.29) is 24.0 Å². The Balaban J connectivity index is 0.00000225. The molecule has 2 unspecified atom stereocenters. The van der Waals surface area contributed by atoms with Crippen LogP contribution in [0.2, 0.25) is 0 Å². The third-order valence-electron chi connectivity index (χ3n) is 5.11.